The largest absolute Gasteiger partial charge is 0.354 e. The van der Waals surface area contributed by atoms with Gasteiger partial charge in [-0.25, -0.2) is 0 Å². The van der Waals surface area contributed by atoms with Crippen LogP contribution in [0.1, 0.15) is 24.9 Å². The third-order valence-corrected chi connectivity index (χ3v) is 2.75. The normalized spacial score (nSPS) is 11.6. The molecule has 1 amide bonds. The van der Waals surface area contributed by atoms with Gasteiger partial charge in [0.25, 0.3) is 0 Å². The van der Waals surface area contributed by atoms with E-state index in [4.69, 9.17) is 16.9 Å². The molecule has 18 heavy (non-hydrogen) atoms. The summed E-state index contributed by atoms with van der Waals surface area (Å²) in [6, 6.07) is 9.54. The molecule has 1 atom stereocenters. The van der Waals surface area contributed by atoms with Gasteiger partial charge in [-0.05, 0) is 24.6 Å². The van der Waals surface area contributed by atoms with E-state index in [2.05, 4.69) is 10.6 Å². The molecule has 0 saturated carbocycles. The molecular weight excluding hydrogens is 250 g/mol. The number of rotatable bonds is 6. The van der Waals surface area contributed by atoms with Crippen molar-refractivity contribution in [2.45, 2.75) is 19.4 Å². The number of hydrogen-bond donors (Lipinski definition) is 2. The van der Waals surface area contributed by atoms with Crippen molar-refractivity contribution in [1.29, 1.82) is 5.26 Å². The predicted octanol–water partition coefficient (Wildman–Crippen LogP) is 2.02. The first-order chi connectivity index (χ1) is 8.63. The van der Waals surface area contributed by atoms with E-state index in [1.807, 2.05) is 37.3 Å². The molecule has 0 bridgehead atoms. The number of nitrogens with zero attached hydrogens (tertiary/aromatic N) is 1. The van der Waals surface area contributed by atoms with Crippen LogP contribution >= 0.6 is 11.6 Å². The van der Waals surface area contributed by atoms with Crippen molar-refractivity contribution >= 4 is 17.5 Å². The van der Waals surface area contributed by atoms with Crippen LogP contribution in [0.5, 0.6) is 0 Å². The lowest BCUT2D eigenvalue weighted by Crippen LogP contribution is -2.35. The van der Waals surface area contributed by atoms with Gasteiger partial charge < -0.3 is 10.6 Å². The molecule has 0 aliphatic rings. The van der Waals surface area contributed by atoms with Crippen molar-refractivity contribution < 1.29 is 4.79 Å². The van der Waals surface area contributed by atoms with Crippen molar-refractivity contribution in [3.05, 3.63) is 34.9 Å². The molecule has 1 aromatic rings. The predicted molar refractivity (Wildman–Crippen MR) is 71.1 cm³/mol. The van der Waals surface area contributed by atoms with Crippen molar-refractivity contribution in [1.82, 2.24) is 10.6 Å². The molecule has 0 aliphatic carbocycles. The standard InChI is InChI=1S/C13H16ClN3O/c1-10(11-3-5-12(14)6-4-11)17-9-13(18)16-8-2-7-15/h3-6,10,17H,2,8-9H2,1H3,(H,16,18). The molecule has 5 heteroatoms. The minimum Gasteiger partial charge on any atom is -0.354 e. The molecule has 4 nitrogen and oxygen atoms in total. The quantitative estimate of drug-likeness (QED) is 0.774. The number of nitriles is 1. The summed E-state index contributed by atoms with van der Waals surface area (Å²) in [7, 11) is 0. The average molecular weight is 266 g/mol. The molecule has 0 fully saturated rings. The summed E-state index contributed by atoms with van der Waals surface area (Å²) in [5.41, 5.74) is 1.07. The third kappa shape index (κ3) is 5.17. The van der Waals surface area contributed by atoms with E-state index in [-0.39, 0.29) is 18.5 Å². The van der Waals surface area contributed by atoms with Gasteiger partial charge in [-0.15, -0.1) is 0 Å². The number of carbonyl (C=O) groups is 1. The first kappa shape index (κ1) is 14.5. The molecule has 0 aromatic heterocycles. The summed E-state index contributed by atoms with van der Waals surface area (Å²) >= 11 is 5.80. The molecule has 0 radical (unpaired) electrons. The summed E-state index contributed by atoms with van der Waals surface area (Å²) in [6.45, 7) is 2.60. The minimum atomic E-state index is -0.105. The first-order valence-corrected chi connectivity index (χ1v) is 6.13. The molecule has 2 N–H and O–H groups in total. The Morgan fingerprint density at radius 1 is 1.44 bits per heavy atom. The van der Waals surface area contributed by atoms with Crippen LogP contribution in [0.3, 0.4) is 0 Å². The van der Waals surface area contributed by atoms with Gasteiger partial charge in [-0.1, -0.05) is 23.7 Å². The highest BCUT2D eigenvalue weighted by molar-refractivity contribution is 6.30. The van der Waals surface area contributed by atoms with Crippen LogP contribution in [0.2, 0.25) is 5.02 Å². The Hall–Kier alpha value is -1.57. The monoisotopic (exact) mass is 265 g/mol. The highest BCUT2D eigenvalue weighted by Gasteiger charge is 2.07. The van der Waals surface area contributed by atoms with Crippen LogP contribution in [-0.4, -0.2) is 19.0 Å². The number of carbonyl (C=O) groups excluding carboxylic acids is 1. The summed E-state index contributed by atoms with van der Waals surface area (Å²) < 4.78 is 0. The molecule has 0 saturated heterocycles. The fourth-order valence-corrected chi connectivity index (χ4v) is 1.56. The Morgan fingerprint density at radius 3 is 2.72 bits per heavy atom. The second-order valence-corrected chi connectivity index (χ2v) is 4.35. The topological polar surface area (TPSA) is 64.9 Å². The highest BCUT2D eigenvalue weighted by atomic mass is 35.5. The molecule has 1 aromatic carbocycles. The second-order valence-electron chi connectivity index (χ2n) is 3.91. The van der Waals surface area contributed by atoms with Crippen LogP contribution in [0.4, 0.5) is 0 Å². The van der Waals surface area contributed by atoms with Gasteiger partial charge in [-0.2, -0.15) is 5.26 Å². The lowest BCUT2D eigenvalue weighted by atomic mass is 10.1. The zero-order valence-electron chi connectivity index (χ0n) is 10.2. The number of benzene rings is 1. The van der Waals surface area contributed by atoms with E-state index < -0.39 is 0 Å². The molecular formula is C13H16ClN3O. The SMILES string of the molecule is CC(NCC(=O)NCCC#N)c1ccc(Cl)cc1. The number of nitrogens with one attached hydrogen (secondary N) is 2. The summed E-state index contributed by atoms with van der Waals surface area (Å²) in [4.78, 5) is 11.4. The molecule has 0 aliphatic heterocycles. The van der Waals surface area contributed by atoms with Crippen molar-refractivity contribution in [2.75, 3.05) is 13.1 Å². The van der Waals surface area contributed by atoms with Gasteiger partial charge in [0.1, 0.15) is 0 Å². The molecule has 96 valence electrons. The van der Waals surface area contributed by atoms with E-state index in [0.29, 0.717) is 18.0 Å². The Morgan fingerprint density at radius 2 is 2.11 bits per heavy atom. The Labute approximate surface area is 112 Å². The Kier molecular flexibility index (Phi) is 6.20. The van der Waals surface area contributed by atoms with Crippen molar-refractivity contribution in [3.63, 3.8) is 0 Å². The van der Waals surface area contributed by atoms with Crippen LogP contribution < -0.4 is 10.6 Å². The van der Waals surface area contributed by atoms with E-state index in [9.17, 15) is 4.79 Å². The number of halogens is 1. The van der Waals surface area contributed by atoms with Crippen LogP contribution in [-0.2, 0) is 4.79 Å². The van der Waals surface area contributed by atoms with Crippen molar-refractivity contribution in [3.8, 4) is 6.07 Å². The van der Waals surface area contributed by atoms with Gasteiger partial charge in [0, 0.05) is 17.6 Å². The number of hydrogen-bond acceptors (Lipinski definition) is 3. The maximum atomic E-state index is 11.4. The maximum Gasteiger partial charge on any atom is 0.234 e. The molecule has 1 unspecified atom stereocenters. The van der Waals surface area contributed by atoms with Crippen LogP contribution in [0.15, 0.2) is 24.3 Å². The van der Waals surface area contributed by atoms with Crippen molar-refractivity contribution in [2.24, 2.45) is 0 Å². The fourth-order valence-electron chi connectivity index (χ4n) is 1.44. The smallest absolute Gasteiger partial charge is 0.234 e. The van der Waals surface area contributed by atoms with Crippen LogP contribution in [0, 0.1) is 11.3 Å². The molecule has 0 heterocycles. The van der Waals surface area contributed by atoms with Gasteiger partial charge in [0.05, 0.1) is 19.0 Å². The van der Waals surface area contributed by atoms with Gasteiger partial charge in [0.2, 0.25) is 5.91 Å². The van der Waals surface area contributed by atoms with Crippen LogP contribution in [0.25, 0.3) is 0 Å². The van der Waals surface area contributed by atoms with E-state index in [1.54, 1.807) is 0 Å². The third-order valence-electron chi connectivity index (χ3n) is 2.50. The minimum absolute atomic E-state index is 0.0731. The van der Waals surface area contributed by atoms with E-state index in [0.717, 1.165) is 5.56 Å². The summed E-state index contributed by atoms with van der Waals surface area (Å²) in [6.07, 6.45) is 0.332. The second kappa shape index (κ2) is 7.70. The van der Waals surface area contributed by atoms with E-state index >= 15 is 0 Å². The van der Waals surface area contributed by atoms with Gasteiger partial charge in [-0.3, -0.25) is 4.79 Å². The zero-order valence-corrected chi connectivity index (χ0v) is 11.0. The van der Waals surface area contributed by atoms with Gasteiger partial charge in [0.15, 0.2) is 0 Å². The molecule has 0 spiro atoms. The summed E-state index contributed by atoms with van der Waals surface area (Å²) in [5.74, 6) is -0.105. The Bertz CT molecular complexity index is 425. The lowest BCUT2D eigenvalue weighted by molar-refractivity contribution is -0.120. The zero-order chi connectivity index (χ0) is 13.4. The van der Waals surface area contributed by atoms with Gasteiger partial charge >= 0.3 is 0 Å². The Balaban J connectivity index is 2.32. The first-order valence-electron chi connectivity index (χ1n) is 5.76. The highest BCUT2D eigenvalue weighted by Crippen LogP contribution is 2.15. The molecule has 1 rings (SSSR count). The lowest BCUT2D eigenvalue weighted by Gasteiger charge is -2.14. The fraction of sp³-hybridized carbons (Fsp3) is 0.385. The summed E-state index contributed by atoms with van der Waals surface area (Å²) in [5, 5.41) is 14.8. The maximum absolute atomic E-state index is 11.4. The van der Waals surface area contributed by atoms with E-state index in [1.165, 1.54) is 0 Å². The number of amides is 1. The average Bonchev–Trinajstić information content (AvgIpc) is 2.37.